The molecular formula is C13H24N2O. The summed E-state index contributed by atoms with van der Waals surface area (Å²) in [5.74, 6) is 0.201. The van der Waals surface area contributed by atoms with Crippen molar-refractivity contribution in [2.45, 2.75) is 64.5 Å². The lowest BCUT2D eigenvalue weighted by molar-refractivity contribution is -0.129. The van der Waals surface area contributed by atoms with E-state index in [9.17, 15) is 4.79 Å². The maximum absolute atomic E-state index is 12.2. The summed E-state index contributed by atoms with van der Waals surface area (Å²) in [6, 6.07) is -0.0151. The molecule has 0 aromatic carbocycles. The van der Waals surface area contributed by atoms with Crippen LogP contribution in [-0.2, 0) is 4.79 Å². The summed E-state index contributed by atoms with van der Waals surface area (Å²) in [6.45, 7) is 7.50. The van der Waals surface area contributed by atoms with Crippen LogP contribution in [0.5, 0.6) is 0 Å². The molecule has 16 heavy (non-hydrogen) atoms. The van der Waals surface area contributed by atoms with Gasteiger partial charge in [-0.05, 0) is 51.0 Å². The Kier molecular flexibility index (Phi) is 2.99. The standard InChI is InChI=1S/C13H24N2O/c1-12(2)6-5-9-14-10(12)11(16)15-13(3)7-4-8-13/h10,14H,4-9H2,1-3H3,(H,15,16). The number of amides is 1. The fourth-order valence-corrected chi connectivity index (χ4v) is 2.86. The van der Waals surface area contributed by atoms with E-state index < -0.39 is 0 Å². The van der Waals surface area contributed by atoms with Crippen LogP contribution >= 0.6 is 0 Å². The first-order valence-corrected chi connectivity index (χ1v) is 6.48. The summed E-state index contributed by atoms with van der Waals surface area (Å²) >= 11 is 0. The van der Waals surface area contributed by atoms with Gasteiger partial charge in [0, 0.05) is 5.54 Å². The lowest BCUT2D eigenvalue weighted by Gasteiger charge is -2.44. The zero-order valence-corrected chi connectivity index (χ0v) is 10.7. The lowest BCUT2D eigenvalue weighted by atomic mass is 9.75. The highest BCUT2D eigenvalue weighted by molar-refractivity contribution is 5.83. The predicted molar refractivity (Wildman–Crippen MR) is 65.2 cm³/mol. The molecule has 1 heterocycles. The molecule has 3 heteroatoms. The molecule has 0 aromatic rings. The Morgan fingerprint density at radius 1 is 1.19 bits per heavy atom. The molecule has 1 saturated carbocycles. The van der Waals surface area contributed by atoms with Gasteiger partial charge in [-0.25, -0.2) is 0 Å². The van der Waals surface area contributed by atoms with Crippen molar-refractivity contribution < 1.29 is 4.79 Å². The van der Waals surface area contributed by atoms with E-state index in [4.69, 9.17) is 0 Å². The number of hydrogen-bond acceptors (Lipinski definition) is 2. The first-order valence-electron chi connectivity index (χ1n) is 6.48. The normalized spacial score (nSPS) is 31.6. The second kappa shape index (κ2) is 4.02. The van der Waals surface area contributed by atoms with Crippen molar-refractivity contribution in [1.29, 1.82) is 0 Å². The molecule has 1 amide bonds. The van der Waals surface area contributed by atoms with Crippen LogP contribution in [0.25, 0.3) is 0 Å². The largest absolute Gasteiger partial charge is 0.350 e. The van der Waals surface area contributed by atoms with Crippen LogP contribution in [0.15, 0.2) is 0 Å². The Morgan fingerprint density at radius 2 is 1.88 bits per heavy atom. The maximum atomic E-state index is 12.2. The average Bonchev–Trinajstić information content (AvgIpc) is 2.14. The summed E-state index contributed by atoms with van der Waals surface area (Å²) in [4.78, 5) is 12.2. The Labute approximate surface area is 98.4 Å². The third-order valence-electron chi connectivity index (χ3n) is 4.27. The molecule has 1 atom stereocenters. The zero-order valence-electron chi connectivity index (χ0n) is 10.7. The van der Waals surface area contributed by atoms with Crippen LogP contribution in [0.1, 0.15) is 52.9 Å². The maximum Gasteiger partial charge on any atom is 0.238 e. The summed E-state index contributed by atoms with van der Waals surface area (Å²) in [5.41, 5.74) is 0.161. The van der Waals surface area contributed by atoms with Gasteiger partial charge in [-0.15, -0.1) is 0 Å². The van der Waals surface area contributed by atoms with Gasteiger partial charge < -0.3 is 10.6 Å². The van der Waals surface area contributed by atoms with Crippen molar-refractivity contribution in [2.75, 3.05) is 6.54 Å². The molecule has 0 bridgehead atoms. The highest BCUT2D eigenvalue weighted by Crippen LogP contribution is 2.34. The molecule has 2 fully saturated rings. The van der Waals surface area contributed by atoms with E-state index in [1.165, 1.54) is 12.8 Å². The molecule has 1 aliphatic carbocycles. The van der Waals surface area contributed by atoms with Crippen molar-refractivity contribution >= 4 is 5.91 Å². The topological polar surface area (TPSA) is 41.1 Å². The summed E-state index contributed by atoms with van der Waals surface area (Å²) < 4.78 is 0. The fourth-order valence-electron chi connectivity index (χ4n) is 2.86. The molecule has 0 spiro atoms. The van der Waals surface area contributed by atoms with Crippen LogP contribution in [0.2, 0.25) is 0 Å². The van der Waals surface area contributed by atoms with Crippen molar-refractivity contribution in [3.05, 3.63) is 0 Å². The summed E-state index contributed by atoms with van der Waals surface area (Å²) in [6.07, 6.45) is 5.82. The van der Waals surface area contributed by atoms with Crippen LogP contribution < -0.4 is 10.6 Å². The van der Waals surface area contributed by atoms with E-state index >= 15 is 0 Å². The number of carbonyl (C=O) groups excluding carboxylic acids is 1. The molecular weight excluding hydrogens is 200 g/mol. The molecule has 0 radical (unpaired) electrons. The second-order valence-electron chi connectivity index (χ2n) is 6.38. The molecule has 2 aliphatic rings. The highest BCUT2D eigenvalue weighted by atomic mass is 16.2. The average molecular weight is 224 g/mol. The van der Waals surface area contributed by atoms with Gasteiger partial charge in [0.05, 0.1) is 6.04 Å². The lowest BCUT2D eigenvalue weighted by Crippen LogP contribution is -2.61. The monoisotopic (exact) mass is 224 g/mol. The van der Waals surface area contributed by atoms with Gasteiger partial charge in [-0.2, -0.15) is 0 Å². The van der Waals surface area contributed by atoms with Crippen LogP contribution in [0.3, 0.4) is 0 Å². The van der Waals surface area contributed by atoms with Crippen LogP contribution in [-0.4, -0.2) is 24.0 Å². The van der Waals surface area contributed by atoms with E-state index in [0.29, 0.717) is 0 Å². The predicted octanol–water partition coefficient (Wildman–Crippen LogP) is 1.82. The Morgan fingerprint density at radius 3 is 2.38 bits per heavy atom. The smallest absolute Gasteiger partial charge is 0.238 e. The van der Waals surface area contributed by atoms with E-state index in [1.807, 2.05) is 0 Å². The first kappa shape index (κ1) is 11.9. The molecule has 1 saturated heterocycles. The molecule has 0 aromatic heterocycles. The Hall–Kier alpha value is -0.570. The van der Waals surface area contributed by atoms with Crippen molar-refractivity contribution in [3.63, 3.8) is 0 Å². The molecule has 1 aliphatic heterocycles. The van der Waals surface area contributed by atoms with Crippen LogP contribution in [0.4, 0.5) is 0 Å². The molecule has 92 valence electrons. The van der Waals surface area contributed by atoms with E-state index in [1.54, 1.807) is 0 Å². The van der Waals surface area contributed by atoms with Crippen molar-refractivity contribution in [1.82, 2.24) is 10.6 Å². The van der Waals surface area contributed by atoms with Gasteiger partial charge in [-0.3, -0.25) is 4.79 Å². The van der Waals surface area contributed by atoms with Crippen LogP contribution in [0, 0.1) is 5.41 Å². The van der Waals surface area contributed by atoms with Gasteiger partial charge in [0.1, 0.15) is 0 Å². The van der Waals surface area contributed by atoms with E-state index in [-0.39, 0.29) is 22.9 Å². The van der Waals surface area contributed by atoms with Gasteiger partial charge >= 0.3 is 0 Å². The van der Waals surface area contributed by atoms with Gasteiger partial charge in [0.25, 0.3) is 0 Å². The highest BCUT2D eigenvalue weighted by Gasteiger charge is 2.41. The zero-order chi connectivity index (χ0) is 11.8. The number of hydrogen-bond donors (Lipinski definition) is 2. The minimum atomic E-state index is -0.0151. The molecule has 3 nitrogen and oxygen atoms in total. The molecule has 2 N–H and O–H groups in total. The third kappa shape index (κ3) is 2.24. The van der Waals surface area contributed by atoms with Gasteiger partial charge in [0.2, 0.25) is 5.91 Å². The number of nitrogens with one attached hydrogen (secondary N) is 2. The number of carbonyl (C=O) groups is 1. The van der Waals surface area contributed by atoms with E-state index in [2.05, 4.69) is 31.4 Å². The molecule has 2 rings (SSSR count). The number of rotatable bonds is 2. The first-order chi connectivity index (χ1) is 7.43. The minimum Gasteiger partial charge on any atom is -0.350 e. The quantitative estimate of drug-likeness (QED) is 0.751. The Bertz CT molecular complexity index is 282. The molecule has 1 unspecified atom stereocenters. The summed E-state index contributed by atoms with van der Waals surface area (Å²) in [5, 5.41) is 6.58. The minimum absolute atomic E-state index is 0.0151. The van der Waals surface area contributed by atoms with E-state index in [0.717, 1.165) is 25.8 Å². The second-order valence-corrected chi connectivity index (χ2v) is 6.38. The Balaban J connectivity index is 1.97. The third-order valence-corrected chi connectivity index (χ3v) is 4.27. The summed E-state index contributed by atoms with van der Waals surface area (Å²) in [7, 11) is 0. The number of piperidine rings is 1. The fraction of sp³-hybridized carbons (Fsp3) is 0.923. The SMILES string of the molecule is CC1(NC(=O)C2NCCCC2(C)C)CCC1. The van der Waals surface area contributed by atoms with Gasteiger partial charge in [0.15, 0.2) is 0 Å². The van der Waals surface area contributed by atoms with Gasteiger partial charge in [-0.1, -0.05) is 13.8 Å². The van der Waals surface area contributed by atoms with Crippen molar-refractivity contribution in [3.8, 4) is 0 Å². The van der Waals surface area contributed by atoms with Crippen molar-refractivity contribution in [2.24, 2.45) is 5.41 Å².